The lowest BCUT2D eigenvalue weighted by Crippen LogP contribution is -2.24. The van der Waals surface area contributed by atoms with Gasteiger partial charge in [-0.05, 0) is 71.5 Å². The van der Waals surface area contributed by atoms with Gasteiger partial charge >= 0.3 is 0 Å². The molecule has 148 valence electrons. The van der Waals surface area contributed by atoms with Crippen molar-refractivity contribution >= 4 is 57.9 Å². The van der Waals surface area contributed by atoms with Crippen LogP contribution in [0.25, 0.3) is 0 Å². The van der Waals surface area contributed by atoms with Gasteiger partial charge in [0.05, 0.1) is 23.5 Å². The summed E-state index contributed by atoms with van der Waals surface area (Å²) in [5.41, 5.74) is 3.61. The van der Waals surface area contributed by atoms with Crippen molar-refractivity contribution in [1.82, 2.24) is 5.43 Å². The summed E-state index contributed by atoms with van der Waals surface area (Å²) in [5, 5.41) is 7.06. The molecule has 0 aromatic heterocycles. The summed E-state index contributed by atoms with van der Waals surface area (Å²) in [6.07, 6.45) is 1.11. The second-order valence-electron chi connectivity index (χ2n) is 5.49. The largest absolute Gasteiger partial charge is 0.492 e. The van der Waals surface area contributed by atoms with E-state index < -0.39 is 11.8 Å². The van der Waals surface area contributed by atoms with Crippen molar-refractivity contribution in [3.8, 4) is 11.5 Å². The zero-order chi connectivity index (χ0) is 20.5. The molecule has 0 heterocycles. The fraction of sp³-hybridized carbons (Fsp3) is 0.211. The number of rotatable bonds is 8. The van der Waals surface area contributed by atoms with Crippen molar-refractivity contribution in [2.75, 3.05) is 19.0 Å². The van der Waals surface area contributed by atoms with E-state index in [4.69, 9.17) is 21.1 Å². The van der Waals surface area contributed by atoms with Crippen LogP contribution in [0.1, 0.15) is 18.9 Å². The van der Waals surface area contributed by atoms with Crippen LogP contribution in [-0.4, -0.2) is 31.7 Å². The molecule has 0 radical (unpaired) electrons. The van der Waals surface area contributed by atoms with Crippen LogP contribution in [0, 0.1) is 3.57 Å². The highest BCUT2D eigenvalue weighted by atomic mass is 127. The second-order valence-corrected chi connectivity index (χ2v) is 7.09. The predicted molar refractivity (Wildman–Crippen MR) is 117 cm³/mol. The van der Waals surface area contributed by atoms with E-state index in [0.29, 0.717) is 28.8 Å². The minimum Gasteiger partial charge on any atom is -0.492 e. The molecular weight excluding hydrogens is 497 g/mol. The molecule has 2 amide bonds. The number of amides is 2. The van der Waals surface area contributed by atoms with Crippen LogP contribution < -0.4 is 20.2 Å². The smallest absolute Gasteiger partial charge is 0.249 e. The number of benzene rings is 2. The molecule has 0 bridgehead atoms. The van der Waals surface area contributed by atoms with Crippen LogP contribution in [0.4, 0.5) is 5.69 Å². The Morgan fingerprint density at radius 1 is 1.21 bits per heavy atom. The Balaban J connectivity index is 1.92. The minimum atomic E-state index is -0.532. The fourth-order valence-corrected chi connectivity index (χ4v) is 3.20. The van der Waals surface area contributed by atoms with Gasteiger partial charge in [-0.3, -0.25) is 9.59 Å². The first-order valence-electron chi connectivity index (χ1n) is 8.30. The number of nitrogens with one attached hydrogen (secondary N) is 2. The number of carbonyl (C=O) groups excluding carboxylic acids is 2. The van der Waals surface area contributed by atoms with E-state index in [2.05, 4.69) is 38.4 Å². The fourth-order valence-electron chi connectivity index (χ4n) is 2.23. The van der Waals surface area contributed by atoms with E-state index in [-0.39, 0.29) is 6.42 Å². The standard InChI is InChI=1S/C19H19ClIN3O4/c1-3-28-16-9-12(8-15(21)19(16)27-2)11-22-24-18(26)10-17(25)23-14-6-4-13(20)5-7-14/h4-9,11H,3,10H2,1-2H3,(H,23,25)(H,24,26). The Morgan fingerprint density at radius 3 is 2.57 bits per heavy atom. The predicted octanol–water partition coefficient (Wildman–Crippen LogP) is 3.83. The number of carbonyl (C=O) groups is 2. The average molecular weight is 516 g/mol. The summed E-state index contributed by atoms with van der Waals surface area (Å²) < 4.78 is 11.7. The maximum absolute atomic E-state index is 11.9. The zero-order valence-electron chi connectivity index (χ0n) is 15.3. The van der Waals surface area contributed by atoms with Crippen LogP contribution in [-0.2, 0) is 9.59 Å². The number of hydrogen-bond acceptors (Lipinski definition) is 5. The van der Waals surface area contributed by atoms with Crippen LogP contribution >= 0.6 is 34.2 Å². The minimum absolute atomic E-state index is 0.357. The highest BCUT2D eigenvalue weighted by Gasteiger charge is 2.11. The van der Waals surface area contributed by atoms with Crippen molar-refractivity contribution in [2.24, 2.45) is 5.10 Å². The number of halogens is 2. The topological polar surface area (TPSA) is 89.0 Å². The molecule has 0 unspecified atom stereocenters. The molecule has 0 aliphatic heterocycles. The van der Waals surface area contributed by atoms with E-state index in [1.807, 2.05) is 13.0 Å². The van der Waals surface area contributed by atoms with Gasteiger partial charge in [0.2, 0.25) is 11.8 Å². The number of anilines is 1. The molecular formula is C19H19ClIN3O4. The summed E-state index contributed by atoms with van der Waals surface area (Å²) in [5.74, 6) is 0.248. The third-order valence-electron chi connectivity index (χ3n) is 3.39. The number of nitrogens with zero attached hydrogens (tertiary/aromatic N) is 1. The maximum atomic E-state index is 11.9. The lowest BCUT2D eigenvalue weighted by Gasteiger charge is -2.11. The second kappa shape index (κ2) is 10.9. The van der Waals surface area contributed by atoms with Gasteiger partial charge in [-0.15, -0.1) is 0 Å². The van der Waals surface area contributed by atoms with Crippen LogP contribution in [0.3, 0.4) is 0 Å². The lowest BCUT2D eigenvalue weighted by molar-refractivity contribution is -0.126. The molecule has 2 aromatic rings. The number of ether oxygens (including phenoxy) is 2. The monoisotopic (exact) mass is 515 g/mol. The van der Waals surface area contributed by atoms with Crippen molar-refractivity contribution in [2.45, 2.75) is 13.3 Å². The lowest BCUT2D eigenvalue weighted by atomic mass is 10.2. The normalized spacial score (nSPS) is 10.6. The molecule has 0 fully saturated rings. The quantitative estimate of drug-likeness (QED) is 0.242. The Bertz CT molecular complexity index is 872. The van der Waals surface area contributed by atoms with E-state index in [1.54, 1.807) is 37.4 Å². The van der Waals surface area contributed by atoms with Crippen molar-refractivity contribution in [3.63, 3.8) is 0 Å². The summed E-state index contributed by atoms with van der Waals surface area (Å²) in [6, 6.07) is 10.2. The Morgan fingerprint density at radius 2 is 1.93 bits per heavy atom. The molecule has 0 saturated carbocycles. The first kappa shape index (κ1) is 22.0. The average Bonchev–Trinajstić information content (AvgIpc) is 2.64. The highest BCUT2D eigenvalue weighted by Crippen LogP contribution is 2.33. The maximum Gasteiger partial charge on any atom is 0.249 e. The van der Waals surface area contributed by atoms with E-state index in [1.165, 1.54) is 6.21 Å². The van der Waals surface area contributed by atoms with Crippen LogP contribution in [0.2, 0.25) is 5.02 Å². The SMILES string of the molecule is CCOc1cc(C=NNC(=O)CC(=O)Nc2ccc(Cl)cc2)cc(I)c1OC. The van der Waals surface area contributed by atoms with Crippen molar-refractivity contribution in [3.05, 3.63) is 50.6 Å². The number of methoxy groups -OCH3 is 1. The first-order valence-corrected chi connectivity index (χ1v) is 9.76. The van der Waals surface area contributed by atoms with Gasteiger partial charge in [0.1, 0.15) is 6.42 Å². The number of hydrogen-bond donors (Lipinski definition) is 2. The summed E-state index contributed by atoms with van der Waals surface area (Å²) in [6.45, 7) is 2.37. The van der Waals surface area contributed by atoms with Gasteiger partial charge in [0, 0.05) is 10.7 Å². The van der Waals surface area contributed by atoms with Crippen molar-refractivity contribution in [1.29, 1.82) is 0 Å². The molecule has 2 rings (SSSR count). The Labute approximate surface area is 181 Å². The molecule has 7 nitrogen and oxygen atoms in total. The van der Waals surface area contributed by atoms with Gasteiger partial charge in [-0.1, -0.05) is 11.6 Å². The Kier molecular flexibility index (Phi) is 8.52. The van der Waals surface area contributed by atoms with Gasteiger partial charge in [-0.25, -0.2) is 5.43 Å². The number of hydrazone groups is 1. The molecule has 2 N–H and O–H groups in total. The van der Waals surface area contributed by atoms with Gasteiger partial charge in [0.25, 0.3) is 0 Å². The summed E-state index contributed by atoms with van der Waals surface area (Å²) >= 11 is 7.92. The van der Waals surface area contributed by atoms with Gasteiger partial charge in [0.15, 0.2) is 11.5 Å². The molecule has 0 saturated heterocycles. The zero-order valence-corrected chi connectivity index (χ0v) is 18.2. The summed E-state index contributed by atoms with van der Waals surface area (Å²) in [7, 11) is 1.57. The van der Waals surface area contributed by atoms with E-state index in [0.717, 1.165) is 9.13 Å². The Hall–Kier alpha value is -2.33. The summed E-state index contributed by atoms with van der Waals surface area (Å²) in [4.78, 5) is 23.8. The van der Waals surface area contributed by atoms with Crippen LogP contribution in [0.5, 0.6) is 11.5 Å². The van der Waals surface area contributed by atoms with E-state index in [9.17, 15) is 9.59 Å². The van der Waals surface area contributed by atoms with Gasteiger partial charge in [-0.2, -0.15) is 5.10 Å². The highest BCUT2D eigenvalue weighted by molar-refractivity contribution is 14.1. The third-order valence-corrected chi connectivity index (χ3v) is 4.44. The van der Waals surface area contributed by atoms with Crippen LogP contribution in [0.15, 0.2) is 41.5 Å². The molecule has 28 heavy (non-hydrogen) atoms. The first-order chi connectivity index (χ1) is 13.4. The molecule has 2 aromatic carbocycles. The molecule has 9 heteroatoms. The molecule has 0 atom stereocenters. The third kappa shape index (κ3) is 6.68. The molecule has 0 aliphatic rings. The van der Waals surface area contributed by atoms with Gasteiger partial charge < -0.3 is 14.8 Å². The van der Waals surface area contributed by atoms with E-state index >= 15 is 0 Å². The molecule has 0 spiro atoms. The van der Waals surface area contributed by atoms with Crippen molar-refractivity contribution < 1.29 is 19.1 Å². The molecule has 0 aliphatic carbocycles.